The molecule has 1 aliphatic rings. The van der Waals surface area contributed by atoms with Crippen molar-refractivity contribution in [3.05, 3.63) is 24.3 Å². The molecule has 1 heterocycles. The van der Waals surface area contributed by atoms with E-state index in [2.05, 4.69) is 0 Å². The molecule has 1 aromatic carbocycles. The van der Waals surface area contributed by atoms with E-state index in [-0.39, 0.29) is 12.6 Å². The Morgan fingerprint density at radius 1 is 1.39 bits per heavy atom. The highest BCUT2D eigenvalue weighted by Gasteiger charge is 2.28. The minimum atomic E-state index is -0.679. The highest BCUT2D eigenvalue weighted by Crippen LogP contribution is 2.30. The predicted molar refractivity (Wildman–Crippen MR) is 65.9 cm³/mol. The summed E-state index contributed by atoms with van der Waals surface area (Å²) >= 11 is 0. The highest BCUT2D eigenvalue weighted by atomic mass is 16.6. The maximum absolute atomic E-state index is 11.7. The minimum Gasteiger partial charge on any atom is -0.485 e. The van der Waals surface area contributed by atoms with Crippen molar-refractivity contribution in [1.82, 2.24) is 4.90 Å². The SMILES string of the molecule is CN(C)CCOC(=O)[C@@H]1COc2ccccc2O1. The van der Waals surface area contributed by atoms with Gasteiger partial charge in [0.15, 0.2) is 11.5 Å². The third-order valence-corrected chi connectivity index (χ3v) is 2.55. The van der Waals surface area contributed by atoms with Gasteiger partial charge in [0.25, 0.3) is 0 Å². The van der Waals surface area contributed by atoms with Crippen LogP contribution in [0.15, 0.2) is 24.3 Å². The van der Waals surface area contributed by atoms with E-state index >= 15 is 0 Å². The summed E-state index contributed by atoms with van der Waals surface area (Å²) in [4.78, 5) is 13.7. The second-order valence-electron chi connectivity index (χ2n) is 4.34. The summed E-state index contributed by atoms with van der Waals surface area (Å²) < 4.78 is 16.1. The van der Waals surface area contributed by atoms with E-state index in [0.717, 1.165) is 0 Å². The molecule has 0 radical (unpaired) electrons. The average molecular weight is 251 g/mol. The molecule has 1 aromatic rings. The quantitative estimate of drug-likeness (QED) is 0.745. The number of carbonyl (C=O) groups is 1. The summed E-state index contributed by atoms with van der Waals surface area (Å²) in [7, 11) is 3.84. The zero-order valence-corrected chi connectivity index (χ0v) is 10.6. The molecule has 0 aliphatic carbocycles. The summed E-state index contributed by atoms with van der Waals surface area (Å²) in [6.07, 6.45) is -0.679. The number of ether oxygens (including phenoxy) is 3. The van der Waals surface area contributed by atoms with Gasteiger partial charge in [-0.15, -0.1) is 0 Å². The number of carbonyl (C=O) groups excluding carboxylic acids is 1. The van der Waals surface area contributed by atoms with Crippen LogP contribution in [0.4, 0.5) is 0 Å². The molecule has 2 rings (SSSR count). The number of nitrogens with zero attached hydrogens (tertiary/aromatic N) is 1. The van der Waals surface area contributed by atoms with Crippen molar-refractivity contribution in [2.75, 3.05) is 33.9 Å². The first-order valence-corrected chi connectivity index (χ1v) is 5.86. The van der Waals surface area contributed by atoms with E-state index in [1.165, 1.54) is 0 Å². The smallest absolute Gasteiger partial charge is 0.351 e. The zero-order valence-electron chi connectivity index (χ0n) is 10.6. The number of likely N-dealkylation sites (N-methyl/N-ethyl adjacent to an activating group) is 1. The molecule has 5 nitrogen and oxygen atoms in total. The molecule has 98 valence electrons. The largest absolute Gasteiger partial charge is 0.485 e. The van der Waals surface area contributed by atoms with Crippen molar-refractivity contribution < 1.29 is 19.0 Å². The van der Waals surface area contributed by atoms with E-state index < -0.39 is 6.10 Å². The van der Waals surface area contributed by atoms with Crippen molar-refractivity contribution in [2.24, 2.45) is 0 Å². The molecule has 0 bridgehead atoms. The average Bonchev–Trinajstić information content (AvgIpc) is 2.37. The summed E-state index contributed by atoms with van der Waals surface area (Å²) in [5.41, 5.74) is 0. The summed E-state index contributed by atoms with van der Waals surface area (Å²) in [6, 6.07) is 7.28. The summed E-state index contributed by atoms with van der Waals surface area (Å²) in [6.45, 7) is 1.24. The lowest BCUT2D eigenvalue weighted by Crippen LogP contribution is -2.38. The van der Waals surface area contributed by atoms with Crippen LogP contribution >= 0.6 is 0 Å². The van der Waals surface area contributed by atoms with Crippen LogP contribution in [-0.2, 0) is 9.53 Å². The van der Waals surface area contributed by atoms with Crippen LogP contribution < -0.4 is 9.47 Å². The van der Waals surface area contributed by atoms with Crippen molar-refractivity contribution >= 4 is 5.97 Å². The highest BCUT2D eigenvalue weighted by molar-refractivity contribution is 5.76. The lowest BCUT2D eigenvalue weighted by Gasteiger charge is -2.25. The molecular weight excluding hydrogens is 234 g/mol. The fraction of sp³-hybridized carbons (Fsp3) is 0.462. The van der Waals surface area contributed by atoms with Gasteiger partial charge in [0.1, 0.15) is 13.2 Å². The van der Waals surface area contributed by atoms with Crippen molar-refractivity contribution in [1.29, 1.82) is 0 Å². The Morgan fingerprint density at radius 2 is 2.11 bits per heavy atom. The molecule has 18 heavy (non-hydrogen) atoms. The lowest BCUT2D eigenvalue weighted by atomic mass is 10.2. The number of para-hydroxylation sites is 2. The van der Waals surface area contributed by atoms with Crippen LogP contribution in [0.2, 0.25) is 0 Å². The summed E-state index contributed by atoms with van der Waals surface area (Å²) in [5, 5.41) is 0. The minimum absolute atomic E-state index is 0.192. The van der Waals surface area contributed by atoms with Crippen LogP contribution in [0.1, 0.15) is 0 Å². The molecule has 0 N–H and O–H groups in total. The Balaban J connectivity index is 1.87. The Bertz CT molecular complexity index is 419. The molecule has 1 atom stereocenters. The monoisotopic (exact) mass is 251 g/mol. The third-order valence-electron chi connectivity index (χ3n) is 2.55. The van der Waals surface area contributed by atoms with Crippen molar-refractivity contribution in [3.8, 4) is 11.5 Å². The Morgan fingerprint density at radius 3 is 2.83 bits per heavy atom. The first-order chi connectivity index (χ1) is 8.66. The molecule has 0 spiro atoms. The van der Waals surface area contributed by atoms with Crippen LogP contribution in [0, 0.1) is 0 Å². The second kappa shape index (κ2) is 5.73. The van der Waals surface area contributed by atoms with E-state index in [9.17, 15) is 4.79 Å². The molecule has 0 fully saturated rings. The van der Waals surface area contributed by atoms with Crippen LogP contribution in [0.3, 0.4) is 0 Å². The lowest BCUT2D eigenvalue weighted by molar-refractivity contribution is -0.154. The molecule has 0 saturated carbocycles. The number of rotatable bonds is 4. The Kier molecular flexibility index (Phi) is 4.04. The van der Waals surface area contributed by atoms with Gasteiger partial charge in [-0.3, -0.25) is 0 Å². The fourth-order valence-electron chi connectivity index (χ4n) is 1.56. The number of esters is 1. The van der Waals surface area contributed by atoms with Gasteiger partial charge in [0.2, 0.25) is 6.10 Å². The first-order valence-electron chi connectivity index (χ1n) is 5.86. The van der Waals surface area contributed by atoms with Crippen molar-refractivity contribution in [2.45, 2.75) is 6.10 Å². The van der Waals surface area contributed by atoms with Gasteiger partial charge in [-0.2, -0.15) is 0 Å². The predicted octanol–water partition coefficient (Wildman–Crippen LogP) is 0.931. The van der Waals surface area contributed by atoms with Gasteiger partial charge in [-0.1, -0.05) is 12.1 Å². The molecule has 0 saturated heterocycles. The third kappa shape index (κ3) is 3.13. The normalized spacial score (nSPS) is 17.6. The van der Waals surface area contributed by atoms with Crippen LogP contribution in [-0.4, -0.2) is 50.8 Å². The number of benzene rings is 1. The Hall–Kier alpha value is -1.75. The first kappa shape index (κ1) is 12.7. The van der Waals surface area contributed by atoms with Gasteiger partial charge >= 0.3 is 5.97 Å². The van der Waals surface area contributed by atoms with Gasteiger partial charge in [-0.25, -0.2) is 4.79 Å². The molecular formula is C13H17NO4. The van der Waals surface area contributed by atoms with E-state index in [1.807, 2.05) is 37.2 Å². The van der Waals surface area contributed by atoms with Crippen LogP contribution in [0.25, 0.3) is 0 Å². The summed E-state index contributed by atoms with van der Waals surface area (Å²) in [5.74, 6) is 0.861. The number of fused-ring (bicyclic) bond motifs is 1. The second-order valence-corrected chi connectivity index (χ2v) is 4.34. The maximum atomic E-state index is 11.7. The topological polar surface area (TPSA) is 48.0 Å². The number of hydrogen-bond acceptors (Lipinski definition) is 5. The van der Waals surface area contributed by atoms with E-state index in [1.54, 1.807) is 6.07 Å². The number of hydrogen-bond donors (Lipinski definition) is 0. The maximum Gasteiger partial charge on any atom is 0.351 e. The molecule has 1 aliphatic heterocycles. The molecule has 0 aromatic heterocycles. The van der Waals surface area contributed by atoms with E-state index in [0.29, 0.717) is 24.7 Å². The van der Waals surface area contributed by atoms with Gasteiger partial charge in [-0.05, 0) is 26.2 Å². The van der Waals surface area contributed by atoms with Gasteiger partial charge in [0.05, 0.1) is 0 Å². The van der Waals surface area contributed by atoms with Gasteiger partial charge in [0, 0.05) is 6.54 Å². The fourth-order valence-corrected chi connectivity index (χ4v) is 1.56. The van der Waals surface area contributed by atoms with Gasteiger partial charge < -0.3 is 19.1 Å². The molecule has 5 heteroatoms. The molecule has 0 amide bonds. The van der Waals surface area contributed by atoms with Crippen LogP contribution in [0.5, 0.6) is 11.5 Å². The standard InChI is InChI=1S/C13H17NO4/c1-14(2)7-8-16-13(15)12-9-17-10-5-3-4-6-11(10)18-12/h3-6,12H,7-9H2,1-2H3/t12-/m0/s1. The van der Waals surface area contributed by atoms with E-state index in [4.69, 9.17) is 14.2 Å². The van der Waals surface area contributed by atoms with Crippen molar-refractivity contribution in [3.63, 3.8) is 0 Å². The zero-order chi connectivity index (χ0) is 13.0. The Labute approximate surface area is 106 Å². The molecule has 0 unspecified atom stereocenters.